The number of nitro groups is 1. The van der Waals surface area contributed by atoms with Crippen molar-refractivity contribution in [2.24, 2.45) is 5.92 Å². The van der Waals surface area contributed by atoms with E-state index >= 15 is 0 Å². The van der Waals surface area contributed by atoms with Crippen molar-refractivity contribution in [2.75, 3.05) is 11.9 Å². The monoisotopic (exact) mass is 284 g/mol. The van der Waals surface area contributed by atoms with Crippen molar-refractivity contribution >= 4 is 17.5 Å². The zero-order chi connectivity index (χ0) is 15.3. The van der Waals surface area contributed by atoms with Crippen molar-refractivity contribution in [3.8, 4) is 0 Å². The predicted octanol–water partition coefficient (Wildman–Crippen LogP) is 2.03. The number of carboxylic acid groups (broad SMARTS) is 1. The summed E-state index contributed by atoms with van der Waals surface area (Å²) in [6.07, 6.45) is 0.725. The van der Waals surface area contributed by atoms with Gasteiger partial charge in [0, 0.05) is 19.5 Å². The Morgan fingerprint density at radius 3 is 2.65 bits per heavy atom. The number of aromatic nitrogens is 2. The summed E-state index contributed by atoms with van der Waals surface area (Å²) in [5, 5.41) is 27.0. The van der Waals surface area contributed by atoms with Crippen LogP contribution in [0.3, 0.4) is 0 Å². The first kappa shape index (κ1) is 15.9. The zero-order valence-electron chi connectivity index (χ0n) is 11.9. The molecule has 1 rings (SSSR count). The Bertz CT molecular complexity index is 498. The van der Waals surface area contributed by atoms with E-state index in [1.807, 2.05) is 13.8 Å². The summed E-state index contributed by atoms with van der Waals surface area (Å²) in [5.74, 6) is -0.597. The van der Waals surface area contributed by atoms with E-state index in [9.17, 15) is 14.9 Å². The third-order valence-corrected chi connectivity index (χ3v) is 3.18. The molecule has 1 aromatic rings. The summed E-state index contributed by atoms with van der Waals surface area (Å²) in [6.45, 7) is 6.20. The highest BCUT2D eigenvalue weighted by atomic mass is 16.6. The maximum atomic E-state index is 11.1. The fraction of sp³-hybridized carbons (Fsp3) is 0.667. The maximum absolute atomic E-state index is 11.1. The summed E-state index contributed by atoms with van der Waals surface area (Å²) in [7, 11) is 0. The Labute approximate surface area is 116 Å². The van der Waals surface area contributed by atoms with Gasteiger partial charge in [-0.2, -0.15) is 5.10 Å². The molecule has 8 nitrogen and oxygen atoms in total. The van der Waals surface area contributed by atoms with Crippen LogP contribution in [-0.4, -0.2) is 32.3 Å². The van der Waals surface area contributed by atoms with Crippen molar-refractivity contribution in [2.45, 2.75) is 40.2 Å². The van der Waals surface area contributed by atoms with Gasteiger partial charge in [0.15, 0.2) is 0 Å². The van der Waals surface area contributed by atoms with Crippen LogP contribution in [0.4, 0.5) is 11.5 Å². The Morgan fingerprint density at radius 1 is 1.55 bits per heavy atom. The molecule has 0 aromatic carbocycles. The number of aliphatic carboxylic acids is 1. The minimum Gasteiger partial charge on any atom is -0.481 e. The lowest BCUT2D eigenvalue weighted by Gasteiger charge is -2.14. The summed E-state index contributed by atoms with van der Waals surface area (Å²) < 4.78 is 1.53. The van der Waals surface area contributed by atoms with Crippen LogP contribution in [0.25, 0.3) is 0 Å². The number of nitrogens with zero attached hydrogens (tertiary/aromatic N) is 3. The molecule has 0 saturated heterocycles. The number of carbonyl (C=O) groups is 1. The molecule has 1 aromatic heterocycles. The SMILES string of the molecule is CCC(CNc1c([N+](=O)[O-])c(C)nn1CC)CC(=O)O. The zero-order valence-corrected chi connectivity index (χ0v) is 11.9. The average molecular weight is 284 g/mol. The Hall–Kier alpha value is -2.12. The van der Waals surface area contributed by atoms with E-state index in [4.69, 9.17) is 5.11 Å². The molecule has 0 spiro atoms. The molecule has 0 amide bonds. The van der Waals surface area contributed by atoms with Gasteiger partial charge < -0.3 is 10.4 Å². The molecule has 8 heteroatoms. The van der Waals surface area contributed by atoms with Gasteiger partial charge in [-0.15, -0.1) is 0 Å². The molecule has 112 valence electrons. The first-order valence-electron chi connectivity index (χ1n) is 6.58. The molecule has 0 saturated carbocycles. The Morgan fingerprint density at radius 2 is 2.20 bits per heavy atom. The largest absolute Gasteiger partial charge is 0.481 e. The molecule has 0 radical (unpaired) electrons. The first-order chi connectivity index (χ1) is 9.40. The third kappa shape index (κ3) is 3.69. The van der Waals surface area contributed by atoms with Gasteiger partial charge in [0.1, 0.15) is 5.69 Å². The molecule has 1 unspecified atom stereocenters. The number of hydrogen-bond donors (Lipinski definition) is 2. The molecule has 0 fully saturated rings. The average Bonchev–Trinajstić information content (AvgIpc) is 2.70. The van der Waals surface area contributed by atoms with Gasteiger partial charge in [0.05, 0.1) is 4.92 Å². The first-order valence-corrected chi connectivity index (χ1v) is 6.58. The highest BCUT2D eigenvalue weighted by molar-refractivity contribution is 5.67. The quantitative estimate of drug-likeness (QED) is 0.558. The van der Waals surface area contributed by atoms with E-state index in [2.05, 4.69) is 10.4 Å². The lowest BCUT2D eigenvalue weighted by molar-refractivity contribution is -0.384. The number of nitrogens with one attached hydrogen (secondary N) is 1. The van der Waals surface area contributed by atoms with Crippen LogP contribution in [0.1, 0.15) is 32.4 Å². The van der Waals surface area contributed by atoms with Gasteiger partial charge >= 0.3 is 11.7 Å². The van der Waals surface area contributed by atoms with Crippen LogP contribution < -0.4 is 5.32 Å². The van der Waals surface area contributed by atoms with Gasteiger partial charge in [0.2, 0.25) is 5.82 Å². The van der Waals surface area contributed by atoms with E-state index < -0.39 is 10.9 Å². The van der Waals surface area contributed by atoms with E-state index in [0.29, 0.717) is 31.0 Å². The van der Waals surface area contributed by atoms with Gasteiger partial charge in [0.25, 0.3) is 0 Å². The fourth-order valence-electron chi connectivity index (χ4n) is 2.04. The molecular weight excluding hydrogens is 264 g/mol. The van der Waals surface area contributed by atoms with Gasteiger partial charge in [-0.05, 0) is 19.8 Å². The van der Waals surface area contributed by atoms with Crippen LogP contribution in [-0.2, 0) is 11.3 Å². The van der Waals surface area contributed by atoms with Gasteiger partial charge in [-0.3, -0.25) is 14.9 Å². The number of anilines is 1. The van der Waals surface area contributed by atoms with Crippen LogP contribution in [0.15, 0.2) is 0 Å². The maximum Gasteiger partial charge on any atom is 0.333 e. The van der Waals surface area contributed by atoms with Gasteiger partial charge in [-0.25, -0.2) is 4.68 Å². The minimum atomic E-state index is -0.867. The highest BCUT2D eigenvalue weighted by Gasteiger charge is 2.25. The number of hydrogen-bond acceptors (Lipinski definition) is 5. The lowest BCUT2D eigenvalue weighted by Crippen LogP contribution is -2.19. The van der Waals surface area contributed by atoms with E-state index in [0.717, 1.165) is 0 Å². The summed E-state index contributed by atoms with van der Waals surface area (Å²) in [4.78, 5) is 21.3. The van der Waals surface area contributed by atoms with Crippen molar-refractivity contribution in [3.05, 3.63) is 15.8 Å². The molecule has 20 heavy (non-hydrogen) atoms. The number of carboxylic acids is 1. The number of aryl methyl sites for hydroxylation is 2. The topological polar surface area (TPSA) is 110 Å². The molecule has 1 heterocycles. The smallest absolute Gasteiger partial charge is 0.333 e. The third-order valence-electron chi connectivity index (χ3n) is 3.18. The normalized spacial score (nSPS) is 12.2. The van der Waals surface area contributed by atoms with E-state index in [1.165, 1.54) is 4.68 Å². The van der Waals surface area contributed by atoms with Crippen LogP contribution in [0.2, 0.25) is 0 Å². The standard InChI is InChI=1S/C12H20N4O4/c1-4-9(6-10(17)18)7-13-12-11(16(19)20)8(3)14-15(12)5-2/h9,13H,4-7H2,1-3H3,(H,17,18). The molecule has 0 aliphatic carbocycles. The summed E-state index contributed by atoms with van der Waals surface area (Å²) in [6, 6.07) is 0. The van der Waals surface area contributed by atoms with Crippen molar-refractivity contribution in [3.63, 3.8) is 0 Å². The fourth-order valence-corrected chi connectivity index (χ4v) is 2.04. The molecule has 0 bridgehead atoms. The van der Waals surface area contributed by atoms with Gasteiger partial charge in [-0.1, -0.05) is 13.3 Å². The molecule has 1 atom stereocenters. The summed E-state index contributed by atoms with van der Waals surface area (Å²) >= 11 is 0. The molecular formula is C12H20N4O4. The van der Waals surface area contributed by atoms with Crippen molar-refractivity contribution in [1.29, 1.82) is 0 Å². The van der Waals surface area contributed by atoms with Crippen LogP contribution >= 0.6 is 0 Å². The summed E-state index contributed by atoms with van der Waals surface area (Å²) in [5.41, 5.74) is 0.308. The second-order valence-electron chi connectivity index (χ2n) is 4.61. The molecule has 0 aliphatic heterocycles. The Kier molecular flexibility index (Phi) is 5.48. The lowest BCUT2D eigenvalue weighted by atomic mass is 10.0. The Balaban J connectivity index is 2.90. The second-order valence-corrected chi connectivity index (χ2v) is 4.61. The van der Waals surface area contributed by atoms with Crippen LogP contribution in [0, 0.1) is 23.0 Å². The van der Waals surface area contributed by atoms with Crippen molar-refractivity contribution in [1.82, 2.24) is 9.78 Å². The number of rotatable bonds is 8. The minimum absolute atomic E-state index is 0.0382. The highest BCUT2D eigenvalue weighted by Crippen LogP contribution is 2.28. The van der Waals surface area contributed by atoms with E-state index in [-0.39, 0.29) is 18.0 Å². The van der Waals surface area contributed by atoms with Crippen LogP contribution in [0.5, 0.6) is 0 Å². The molecule has 2 N–H and O–H groups in total. The molecule has 0 aliphatic rings. The predicted molar refractivity (Wildman–Crippen MR) is 73.8 cm³/mol. The second kappa shape index (κ2) is 6.88. The van der Waals surface area contributed by atoms with Crippen molar-refractivity contribution < 1.29 is 14.8 Å². The van der Waals surface area contributed by atoms with E-state index in [1.54, 1.807) is 6.92 Å².